The van der Waals surface area contributed by atoms with Gasteiger partial charge in [0.2, 0.25) is 5.88 Å². The van der Waals surface area contributed by atoms with Crippen LogP contribution in [-0.2, 0) is 9.59 Å². The van der Waals surface area contributed by atoms with Gasteiger partial charge in [0.15, 0.2) is 0 Å². The number of hydrogen-bond donors (Lipinski definition) is 1. The molecule has 0 atom stereocenters. The van der Waals surface area contributed by atoms with E-state index >= 15 is 0 Å². The number of pyridine rings is 1. The first-order chi connectivity index (χ1) is 19.5. The third kappa shape index (κ3) is 5.28. The van der Waals surface area contributed by atoms with Crippen molar-refractivity contribution < 1.29 is 24.0 Å². The molecule has 5 rings (SSSR count). The molecule has 0 bridgehead atoms. The van der Waals surface area contributed by atoms with Gasteiger partial charge in [-0.1, -0.05) is 29.3 Å². The highest BCUT2D eigenvalue weighted by atomic mass is 35.5. The van der Waals surface area contributed by atoms with E-state index in [1.165, 1.54) is 36.4 Å². The maximum absolute atomic E-state index is 13.3. The van der Waals surface area contributed by atoms with Crippen LogP contribution in [0, 0.1) is 24.0 Å². The van der Waals surface area contributed by atoms with Gasteiger partial charge in [-0.15, -0.1) is 0 Å². The summed E-state index contributed by atoms with van der Waals surface area (Å²) < 4.78 is 7.60. The average molecular weight is 592 g/mol. The van der Waals surface area contributed by atoms with Gasteiger partial charge in [-0.2, -0.15) is 0 Å². The molecular formula is C28H19Cl2N5O6. The Morgan fingerprint density at radius 3 is 2.41 bits per heavy atom. The number of rotatable bonds is 6. The number of carbonyl (C=O) groups excluding carboxylic acids is 3. The Morgan fingerprint density at radius 1 is 1.02 bits per heavy atom. The van der Waals surface area contributed by atoms with Crippen LogP contribution in [0.2, 0.25) is 10.0 Å². The molecule has 1 N–H and O–H groups in total. The van der Waals surface area contributed by atoms with Gasteiger partial charge in [-0.3, -0.25) is 25.0 Å². The third-order valence-corrected chi connectivity index (χ3v) is 7.10. The predicted molar refractivity (Wildman–Crippen MR) is 152 cm³/mol. The normalized spacial score (nSPS) is 14.4. The van der Waals surface area contributed by atoms with Gasteiger partial charge in [0.05, 0.1) is 20.7 Å². The first-order valence-corrected chi connectivity index (χ1v) is 12.7. The van der Waals surface area contributed by atoms with E-state index in [9.17, 15) is 24.5 Å². The fourth-order valence-corrected chi connectivity index (χ4v) is 4.73. The van der Waals surface area contributed by atoms with E-state index < -0.39 is 22.8 Å². The quantitative estimate of drug-likeness (QED) is 0.123. The van der Waals surface area contributed by atoms with Crippen LogP contribution in [0.25, 0.3) is 11.8 Å². The Morgan fingerprint density at radius 2 is 1.76 bits per heavy atom. The molecule has 3 heterocycles. The molecule has 0 unspecified atom stereocenters. The summed E-state index contributed by atoms with van der Waals surface area (Å²) in [5.41, 5.74) is 2.56. The number of benzene rings is 2. The van der Waals surface area contributed by atoms with E-state index in [4.69, 9.17) is 27.9 Å². The second kappa shape index (κ2) is 10.9. The standard InChI is InChI=1S/C28H19Cl2N5O6/c1-15-12-17(13-21-26(36)32-28(38)34(27(21)37)23-5-3-4-22(29)25(23)30)16(2)33(15)18-6-9-20(10-7-18)41-24-11-8-19(14-31-24)35(39)40/h3-14H,1-2H3,(H,32,36,38)/b21-13+. The van der Waals surface area contributed by atoms with Crippen LogP contribution in [0.1, 0.15) is 17.0 Å². The van der Waals surface area contributed by atoms with Crippen LogP contribution in [0.15, 0.2) is 72.4 Å². The summed E-state index contributed by atoms with van der Waals surface area (Å²) in [6.45, 7) is 3.69. The molecule has 1 fully saturated rings. The SMILES string of the molecule is Cc1cc(/C=C2\C(=O)NC(=O)N(c3cccc(Cl)c3Cl)C2=O)c(C)n1-c1ccc(Oc2ccc([N+](=O)[O-])cn2)cc1. The number of barbiturate groups is 1. The van der Waals surface area contributed by atoms with E-state index in [-0.39, 0.29) is 32.9 Å². The van der Waals surface area contributed by atoms with Gasteiger partial charge in [0.1, 0.15) is 17.5 Å². The number of nitrogens with zero attached hydrogens (tertiary/aromatic N) is 4. The molecule has 4 aromatic rings. The van der Waals surface area contributed by atoms with E-state index in [2.05, 4.69) is 10.3 Å². The number of amides is 4. The van der Waals surface area contributed by atoms with Crippen molar-refractivity contribution in [2.45, 2.75) is 13.8 Å². The molecule has 1 aliphatic rings. The number of urea groups is 1. The number of ether oxygens (including phenoxy) is 1. The molecule has 0 saturated carbocycles. The topological polar surface area (TPSA) is 137 Å². The minimum atomic E-state index is -0.932. The van der Waals surface area contributed by atoms with Gasteiger partial charge >= 0.3 is 6.03 Å². The zero-order valence-electron chi connectivity index (χ0n) is 21.4. The Balaban J connectivity index is 1.42. The Kier molecular flexibility index (Phi) is 7.31. The Bertz CT molecular complexity index is 1760. The molecule has 0 aliphatic carbocycles. The average Bonchev–Trinajstić information content (AvgIpc) is 3.22. The molecule has 13 heteroatoms. The second-order valence-electron chi connectivity index (χ2n) is 8.90. The number of carbonyl (C=O) groups is 3. The van der Waals surface area contributed by atoms with Crippen LogP contribution in [0.5, 0.6) is 11.6 Å². The first-order valence-electron chi connectivity index (χ1n) is 12.0. The lowest BCUT2D eigenvalue weighted by molar-refractivity contribution is -0.385. The first kappa shape index (κ1) is 27.6. The van der Waals surface area contributed by atoms with Crippen LogP contribution >= 0.6 is 23.2 Å². The molecule has 1 saturated heterocycles. The van der Waals surface area contributed by atoms with Crippen molar-refractivity contribution in [2.75, 3.05) is 4.90 Å². The molecule has 11 nitrogen and oxygen atoms in total. The highest BCUT2D eigenvalue weighted by Gasteiger charge is 2.38. The van der Waals surface area contributed by atoms with Crippen LogP contribution in [-0.4, -0.2) is 32.3 Å². The molecule has 0 spiro atoms. The monoisotopic (exact) mass is 591 g/mol. The minimum Gasteiger partial charge on any atom is -0.439 e. The summed E-state index contributed by atoms with van der Waals surface area (Å²) in [4.78, 5) is 53.6. The van der Waals surface area contributed by atoms with Gasteiger partial charge < -0.3 is 9.30 Å². The van der Waals surface area contributed by atoms with Crippen molar-refractivity contribution in [3.63, 3.8) is 0 Å². The van der Waals surface area contributed by atoms with E-state index in [0.717, 1.165) is 28.2 Å². The second-order valence-corrected chi connectivity index (χ2v) is 9.69. The predicted octanol–water partition coefficient (Wildman–Crippen LogP) is 6.16. The Hall–Kier alpha value is -5.00. The number of hydrogen-bond acceptors (Lipinski definition) is 7. The van der Waals surface area contributed by atoms with Gasteiger partial charge in [-0.25, -0.2) is 14.7 Å². The summed E-state index contributed by atoms with van der Waals surface area (Å²) in [5, 5.41) is 13.1. The fourth-order valence-electron chi connectivity index (χ4n) is 4.35. The van der Waals surface area contributed by atoms with Crippen molar-refractivity contribution >= 4 is 58.5 Å². The highest BCUT2D eigenvalue weighted by Crippen LogP contribution is 2.35. The summed E-state index contributed by atoms with van der Waals surface area (Å²) in [7, 11) is 0. The maximum Gasteiger partial charge on any atom is 0.336 e. The van der Waals surface area contributed by atoms with Crippen LogP contribution in [0.3, 0.4) is 0 Å². The summed E-state index contributed by atoms with van der Waals surface area (Å²) in [6, 6.07) is 15.1. The Labute approximate surface area is 242 Å². The van der Waals surface area contributed by atoms with E-state index in [1.54, 1.807) is 30.3 Å². The molecular weight excluding hydrogens is 573 g/mol. The maximum atomic E-state index is 13.3. The summed E-state index contributed by atoms with van der Waals surface area (Å²) >= 11 is 12.3. The molecule has 4 amide bonds. The van der Waals surface area contributed by atoms with Gasteiger partial charge in [0, 0.05) is 29.2 Å². The summed E-state index contributed by atoms with van der Waals surface area (Å²) in [5.74, 6) is -1.00. The van der Waals surface area contributed by atoms with Crippen molar-refractivity contribution in [3.05, 3.63) is 110 Å². The molecule has 206 valence electrons. The number of halogens is 2. The van der Waals surface area contributed by atoms with Crippen molar-refractivity contribution in [1.29, 1.82) is 0 Å². The van der Waals surface area contributed by atoms with Crippen molar-refractivity contribution in [1.82, 2.24) is 14.9 Å². The number of aryl methyl sites for hydroxylation is 1. The minimum absolute atomic E-state index is 0.00123. The summed E-state index contributed by atoms with van der Waals surface area (Å²) in [6.07, 6.45) is 2.54. The fraction of sp³-hybridized carbons (Fsp3) is 0.0714. The number of aromatic nitrogens is 2. The lowest BCUT2D eigenvalue weighted by Gasteiger charge is -2.27. The lowest BCUT2D eigenvalue weighted by atomic mass is 10.1. The van der Waals surface area contributed by atoms with Crippen LogP contribution in [0.4, 0.5) is 16.2 Å². The highest BCUT2D eigenvalue weighted by molar-refractivity contribution is 6.46. The number of anilines is 1. The van der Waals surface area contributed by atoms with Crippen molar-refractivity contribution in [3.8, 4) is 17.3 Å². The van der Waals surface area contributed by atoms with E-state index in [0.29, 0.717) is 11.3 Å². The molecule has 0 radical (unpaired) electrons. The lowest BCUT2D eigenvalue weighted by Crippen LogP contribution is -2.54. The smallest absolute Gasteiger partial charge is 0.336 e. The zero-order chi connectivity index (χ0) is 29.4. The molecule has 2 aromatic heterocycles. The number of nitrogens with one attached hydrogen (secondary N) is 1. The largest absolute Gasteiger partial charge is 0.439 e. The van der Waals surface area contributed by atoms with Crippen molar-refractivity contribution in [2.24, 2.45) is 0 Å². The van der Waals surface area contributed by atoms with Crippen LogP contribution < -0.4 is 15.0 Å². The number of imide groups is 2. The molecule has 2 aromatic carbocycles. The van der Waals surface area contributed by atoms with Gasteiger partial charge in [-0.05, 0) is 68.0 Å². The number of nitro groups is 1. The van der Waals surface area contributed by atoms with Gasteiger partial charge in [0.25, 0.3) is 17.5 Å². The zero-order valence-corrected chi connectivity index (χ0v) is 22.9. The van der Waals surface area contributed by atoms with E-state index in [1.807, 2.05) is 18.4 Å². The molecule has 1 aliphatic heterocycles. The molecule has 41 heavy (non-hydrogen) atoms. The third-order valence-electron chi connectivity index (χ3n) is 6.29.